The number of aromatic nitrogens is 2. The van der Waals surface area contributed by atoms with Crippen molar-refractivity contribution in [3.8, 4) is 5.75 Å². The fourth-order valence-corrected chi connectivity index (χ4v) is 2.94. The maximum atomic E-state index is 13.8. The maximum Gasteiger partial charge on any atom is 0.303 e. The number of hydrogen-bond acceptors (Lipinski definition) is 5. The van der Waals surface area contributed by atoms with Gasteiger partial charge in [-0.05, 0) is 31.5 Å². The van der Waals surface area contributed by atoms with Crippen LogP contribution in [0.5, 0.6) is 5.75 Å². The Morgan fingerprint density at radius 3 is 2.62 bits per heavy atom. The number of azo groups is 1. The summed E-state index contributed by atoms with van der Waals surface area (Å²) in [6.45, 7) is 1.81. The number of carbonyl (C=O) groups is 1. The molecule has 0 aliphatic carbocycles. The van der Waals surface area contributed by atoms with E-state index in [1.165, 1.54) is 29.0 Å². The van der Waals surface area contributed by atoms with Gasteiger partial charge in [0.15, 0.2) is 5.69 Å². The molecular formula is C22H20F2N4O4. The Balaban J connectivity index is 1.81. The quantitative estimate of drug-likeness (QED) is 0.339. The number of para-hydroxylation sites is 1. The molecule has 1 heterocycles. The van der Waals surface area contributed by atoms with E-state index in [0.29, 0.717) is 11.3 Å². The van der Waals surface area contributed by atoms with Gasteiger partial charge in [0.2, 0.25) is 0 Å². The van der Waals surface area contributed by atoms with E-state index in [1.54, 1.807) is 19.1 Å². The molecule has 0 saturated carbocycles. The van der Waals surface area contributed by atoms with E-state index in [-0.39, 0.29) is 42.1 Å². The van der Waals surface area contributed by atoms with Crippen molar-refractivity contribution in [2.75, 3.05) is 0 Å². The van der Waals surface area contributed by atoms with Gasteiger partial charge in [-0.25, -0.2) is 8.78 Å². The second kappa shape index (κ2) is 9.82. The summed E-state index contributed by atoms with van der Waals surface area (Å²) in [5.74, 6) is -2.61. The van der Waals surface area contributed by atoms with Gasteiger partial charge in [-0.3, -0.25) is 19.4 Å². The number of aromatic amines is 1. The van der Waals surface area contributed by atoms with Crippen molar-refractivity contribution in [1.82, 2.24) is 9.78 Å². The van der Waals surface area contributed by atoms with E-state index in [4.69, 9.17) is 5.11 Å². The van der Waals surface area contributed by atoms with Crippen molar-refractivity contribution in [3.05, 3.63) is 75.2 Å². The topological polar surface area (TPSA) is 120 Å². The molecule has 0 fully saturated rings. The number of aliphatic carboxylic acids is 1. The first kappa shape index (κ1) is 22.6. The van der Waals surface area contributed by atoms with Crippen molar-refractivity contribution in [2.45, 2.75) is 26.3 Å². The zero-order valence-electron chi connectivity index (χ0n) is 17.0. The van der Waals surface area contributed by atoms with Gasteiger partial charge < -0.3 is 10.2 Å². The van der Waals surface area contributed by atoms with E-state index in [0.717, 1.165) is 12.1 Å². The fraction of sp³-hybridized carbons (Fsp3) is 0.182. The molecule has 3 rings (SSSR count). The third kappa shape index (κ3) is 5.34. The Morgan fingerprint density at radius 1 is 1.16 bits per heavy atom. The third-order valence-corrected chi connectivity index (χ3v) is 4.59. The first-order valence-corrected chi connectivity index (χ1v) is 9.64. The number of carboxylic acid groups (broad SMARTS) is 1. The van der Waals surface area contributed by atoms with Crippen LogP contribution in [-0.2, 0) is 11.3 Å². The van der Waals surface area contributed by atoms with Crippen LogP contribution in [0.25, 0.3) is 12.2 Å². The van der Waals surface area contributed by atoms with Crippen LogP contribution in [0.15, 0.2) is 51.4 Å². The second-order valence-corrected chi connectivity index (χ2v) is 6.95. The molecule has 1 aromatic heterocycles. The number of phenols is 1. The molecule has 0 atom stereocenters. The standard InChI is InChI=1S/C22H20F2N4O4/c1-13-20(22(32)28(27-13)11-3-6-19(29)30)26-25-18-5-2-4-15(21(18)31)8-7-14-9-10-16(23)12-17(14)24/h2,4-5,7-10,12,27,31H,3,6,11H2,1H3,(H,29,30)/b8-7+,26-25?. The number of phenolic OH excluding ortho intramolecular Hbond substituents is 1. The Morgan fingerprint density at radius 2 is 1.91 bits per heavy atom. The molecule has 0 spiro atoms. The van der Waals surface area contributed by atoms with Crippen LogP contribution in [0.1, 0.15) is 29.7 Å². The normalized spacial score (nSPS) is 11.6. The van der Waals surface area contributed by atoms with Gasteiger partial charge in [0.25, 0.3) is 5.56 Å². The van der Waals surface area contributed by atoms with Gasteiger partial charge in [0.1, 0.15) is 23.1 Å². The van der Waals surface area contributed by atoms with Crippen molar-refractivity contribution < 1.29 is 23.8 Å². The first-order chi connectivity index (χ1) is 15.3. The molecule has 3 N–H and O–H groups in total. The Kier molecular flexibility index (Phi) is 6.93. The lowest BCUT2D eigenvalue weighted by Crippen LogP contribution is -2.17. The highest BCUT2D eigenvalue weighted by atomic mass is 19.1. The summed E-state index contributed by atoms with van der Waals surface area (Å²) in [4.78, 5) is 23.1. The molecule has 32 heavy (non-hydrogen) atoms. The van der Waals surface area contributed by atoms with E-state index >= 15 is 0 Å². The highest BCUT2D eigenvalue weighted by Gasteiger charge is 2.12. The number of halogens is 2. The minimum Gasteiger partial charge on any atom is -0.505 e. The summed E-state index contributed by atoms with van der Waals surface area (Å²) in [5, 5.41) is 29.9. The van der Waals surface area contributed by atoms with Gasteiger partial charge in [0.05, 0.1) is 5.69 Å². The smallest absolute Gasteiger partial charge is 0.303 e. The predicted molar refractivity (Wildman–Crippen MR) is 114 cm³/mol. The Labute approximate surface area is 181 Å². The summed E-state index contributed by atoms with van der Waals surface area (Å²) in [6.07, 6.45) is 3.03. The number of benzene rings is 2. The number of carboxylic acids is 1. The van der Waals surface area contributed by atoms with Crippen molar-refractivity contribution in [1.29, 1.82) is 0 Å². The minimum atomic E-state index is -0.951. The highest BCUT2D eigenvalue weighted by molar-refractivity contribution is 5.75. The van der Waals surface area contributed by atoms with Crippen LogP contribution in [0.2, 0.25) is 0 Å². The average Bonchev–Trinajstić information content (AvgIpc) is 3.00. The van der Waals surface area contributed by atoms with Crippen molar-refractivity contribution in [2.24, 2.45) is 10.2 Å². The monoisotopic (exact) mass is 442 g/mol. The molecule has 0 unspecified atom stereocenters. The molecule has 0 amide bonds. The highest BCUT2D eigenvalue weighted by Crippen LogP contribution is 2.32. The molecule has 0 aliphatic rings. The number of rotatable bonds is 8. The molecule has 0 bridgehead atoms. The fourth-order valence-electron chi connectivity index (χ4n) is 2.94. The predicted octanol–water partition coefficient (Wildman–Crippen LogP) is 4.92. The van der Waals surface area contributed by atoms with Gasteiger partial charge in [-0.1, -0.05) is 24.3 Å². The zero-order valence-corrected chi connectivity index (χ0v) is 17.0. The molecule has 3 aromatic rings. The lowest BCUT2D eigenvalue weighted by Gasteiger charge is -2.02. The number of hydrogen-bond donors (Lipinski definition) is 3. The first-order valence-electron chi connectivity index (χ1n) is 9.64. The molecule has 0 saturated heterocycles. The van der Waals surface area contributed by atoms with Crippen LogP contribution >= 0.6 is 0 Å². The largest absolute Gasteiger partial charge is 0.505 e. The van der Waals surface area contributed by atoms with Gasteiger partial charge in [0, 0.05) is 30.2 Å². The summed E-state index contributed by atoms with van der Waals surface area (Å²) >= 11 is 0. The maximum absolute atomic E-state index is 13.8. The van der Waals surface area contributed by atoms with E-state index in [9.17, 15) is 23.5 Å². The van der Waals surface area contributed by atoms with Crippen LogP contribution in [-0.4, -0.2) is 26.0 Å². The number of aryl methyl sites for hydroxylation is 2. The zero-order chi connectivity index (χ0) is 23.3. The summed E-state index contributed by atoms with van der Waals surface area (Å²) < 4.78 is 28.1. The summed E-state index contributed by atoms with van der Waals surface area (Å²) in [7, 11) is 0. The van der Waals surface area contributed by atoms with Crippen LogP contribution in [0.3, 0.4) is 0 Å². The van der Waals surface area contributed by atoms with Gasteiger partial charge in [-0.2, -0.15) is 0 Å². The average molecular weight is 442 g/mol. The molecule has 2 aromatic carbocycles. The molecule has 0 aliphatic heterocycles. The van der Waals surface area contributed by atoms with Gasteiger partial charge in [-0.15, -0.1) is 10.2 Å². The van der Waals surface area contributed by atoms with E-state index < -0.39 is 23.2 Å². The SMILES string of the molecule is Cc1[nH]n(CCCC(=O)O)c(=O)c1N=Nc1cccc(/C=C/c2ccc(F)cc2F)c1O. The number of nitrogens with zero attached hydrogens (tertiary/aromatic N) is 3. The molecule has 166 valence electrons. The van der Waals surface area contributed by atoms with E-state index in [2.05, 4.69) is 15.3 Å². The van der Waals surface area contributed by atoms with Crippen LogP contribution in [0, 0.1) is 18.6 Å². The van der Waals surface area contributed by atoms with Gasteiger partial charge >= 0.3 is 5.97 Å². The molecular weight excluding hydrogens is 422 g/mol. The van der Waals surface area contributed by atoms with E-state index in [1.807, 2.05) is 0 Å². The van der Waals surface area contributed by atoms with Crippen molar-refractivity contribution >= 4 is 29.5 Å². The summed E-state index contributed by atoms with van der Waals surface area (Å²) in [5.41, 5.74) is 0.569. The Bertz CT molecular complexity index is 1260. The molecule has 10 heteroatoms. The molecule has 0 radical (unpaired) electrons. The number of nitrogens with one attached hydrogen (secondary N) is 1. The number of H-pyrrole nitrogens is 1. The lowest BCUT2D eigenvalue weighted by molar-refractivity contribution is -0.137. The number of aromatic hydroxyl groups is 1. The summed E-state index contributed by atoms with van der Waals surface area (Å²) in [6, 6.07) is 7.82. The molecule has 8 nitrogen and oxygen atoms in total. The third-order valence-electron chi connectivity index (χ3n) is 4.59. The lowest BCUT2D eigenvalue weighted by atomic mass is 10.1. The second-order valence-electron chi connectivity index (χ2n) is 6.95. The minimum absolute atomic E-state index is 0.0362. The van der Waals surface area contributed by atoms with Crippen LogP contribution < -0.4 is 5.56 Å². The van der Waals surface area contributed by atoms with Crippen molar-refractivity contribution in [3.63, 3.8) is 0 Å². The van der Waals surface area contributed by atoms with Crippen LogP contribution in [0.4, 0.5) is 20.2 Å². The Hall–Kier alpha value is -4.08.